The van der Waals surface area contributed by atoms with Crippen LogP contribution in [-0.2, 0) is 6.54 Å². The predicted molar refractivity (Wildman–Crippen MR) is 62.7 cm³/mol. The van der Waals surface area contributed by atoms with Gasteiger partial charge in [0.25, 0.3) is 0 Å². The van der Waals surface area contributed by atoms with Gasteiger partial charge in [-0.2, -0.15) is 4.98 Å². The highest BCUT2D eigenvalue weighted by Gasteiger charge is 2.07. The first-order valence-corrected chi connectivity index (χ1v) is 5.23. The highest BCUT2D eigenvalue weighted by molar-refractivity contribution is 5.55. The lowest BCUT2D eigenvalue weighted by molar-refractivity contribution is 0.388. The van der Waals surface area contributed by atoms with Crippen LogP contribution in [0, 0.1) is 13.8 Å². The van der Waals surface area contributed by atoms with Crippen LogP contribution in [-0.4, -0.2) is 27.2 Å². The van der Waals surface area contributed by atoms with Gasteiger partial charge in [-0.15, -0.1) is 0 Å². The molecule has 0 aliphatic rings. The zero-order valence-electron chi connectivity index (χ0n) is 9.98. The molecule has 7 nitrogen and oxygen atoms in total. The molecule has 2 aromatic rings. The average Bonchev–Trinajstić information content (AvgIpc) is 2.74. The van der Waals surface area contributed by atoms with Gasteiger partial charge in [-0.1, -0.05) is 5.16 Å². The fraction of sp³-hybridized carbons (Fsp3) is 0.400. The fourth-order valence-electron chi connectivity index (χ4n) is 1.46. The second kappa shape index (κ2) is 4.77. The third-order valence-electron chi connectivity index (χ3n) is 2.30. The van der Waals surface area contributed by atoms with E-state index in [0.29, 0.717) is 18.3 Å². The maximum absolute atomic E-state index is 4.88. The van der Waals surface area contributed by atoms with Crippen LogP contribution in [0.1, 0.15) is 17.3 Å². The van der Waals surface area contributed by atoms with Crippen molar-refractivity contribution in [2.45, 2.75) is 20.4 Å². The molecule has 0 fully saturated rings. The second-order valence-corrected chi connectivity index (χ2v) is 3.53. The Morgan fingerprint density at radius 2 is 2.00 bits per heavy atom. The molecule has 0 aliphatic heterocycles. The third kappa shape index (κ3) is 2.49. The number of anilines is 2. The van der Waals surface area contributed by atoms with E-state index in [4.69, 9.17) is 4.52 Å². The second-order valence-electron chi connectivity index (χ2n) is 3.53. The summed E-state index contributed by atoms with van der Waals surface area (Å²) in [4.78, 5) is 12.4. The quantitative estimate of drug-likeness (QED) is 0.819. The van der Waals surface area contributed by atoms with E-state index in [0.717, 1.165) is 17.2 Å². The molecule has 0 saturated heterocycles. The third-order valence-corrected chi connectivity index (χ3v) is 2.30. The Hall–Kier alpha value is -2.18. The van der Waals surface area contributed by atoms with Crippen LogP contribution in [0.5, 0.6) is 0 Å². The lowest BCUT2D eigenvalue weighted by Gasteiger charge is -2.09. The fourth-order valence-corrected chi connectivity index (χ4v) is 1.46. The summed E-state index contributed by atoms with van der Waals surface area (Å²) < 4.78 is 4.88. The number of hydrogen-bond donors (Lipinski definition) is 2. The highest BCUT2D eigenvalue weighted by atomic mass is 16.5. The number of nitrogens with one attached hydrogen (secondary N) is 2. The van der Waals surface area contributed by atoms with Gasteiger partial charge in [0, 0.05) is 19.5 Å². The van der Waals surface area contributed by atoms with Crippen LogP contribution < -0.4 is 10.6 Å². The molecule has 2 heterocycles. The normalized spacial score (nSPS) is 10.3. The maximum atomic E-state index is 4.88. The van der Waals surface area contributed by atoms with E-state index in [1.165, 1.54) is 6.33 Å². The Bertz CT molecular complexity index is 509. The van der Waals surface area contributed by atoms with Crippen molar-refractivity contribution in [3.05, 3.63) is 23.6 Å². The molecule has 17 heavy (non-hydrogen) atoms. The number of rotatable bonds is 4. The van der Waals surface area contributed by atoms with E-state index in [2.05, 4.69) is 30.7 Å². The van der Waals surface area contributed by atoms with Crippen molar-refractivity contribution in [1.82, 2.24) is 20.1 Å². The summed E-state index contributed by atoms with van der Waals surface area (Å²) in [5.74, 6) is 2.71. The van der Waals surface area contributed by atoms with Gasteiger partial charge in [-0.05, 0) is 6.92 Å². The molecule has 2 N–H and O–H groups in total. The first kappa shape index (κ1) is 11.3. The molecule has 0 atom stereocenters. The van der Waals surface area contributed by atoms with Gasteiger partial charge >= 0.3 is 0 Å². The van der Waals surface area contributed by atoms with Gasteiger partial charge in [0.05, 0.1) is 6.54 Å². The minimum atomic E-state index is 0.471. The van der Waals surface area contributed by atoms with Gasteiger partial charge in [-0.3, -0.25) is 0 Å². The molecule has 0 radical (unpaired) electrons. The molecule has 0 spiro atoms. The van der Waals surface area contributed by atoms with Gasteiger partial charge in [0.2, 0.25) is 5.89 Å². The Kier molecular flexibility index (Phi) is 3.17. The molecule has 0 amide bonds. The smallest absolute Gasteiger partial charge is 0.223 e. The standard InChI is InChI=1S/C10H14N6O/c1-6-9(11-3)13-5-14-10(6)12-4-8-15-7(2)17-16-8/h5H,4H2,1-3H3,(H2,11,12,13,14). The summed E-state index contributed by atoms with van der Waals surface area (Å²) in [6.45, 7) is 4.17. The molecule has 0 aliphatic carbocycles. The van der Waals surface area contributed by atoms with E-state index in [1.807, 2.05) is 14.0 Å². The van der Waals surface area contributed by atoms with Crippen molar-refractivity contribution in [2.75, 3.05) is 17.7 Å². The molecule has 7 heteroatoms. The molecule has 90 valence electrons. The number of nitrogens with zero attached hydrogens (tertiary/aromatic N) is 4. The summed E-state index contributed by atoms with van der Waals surface area (Å²) in [5, 5.41) is 9.93. The van der Waals surface area contributed by atoms with E-state index < -0.39 is 0 Å². The van der Waals surface area contributed by atoms with Crippen molar-refractivity contribution >= 4 is 11.6 Å². The summed E-state index contributed by atoms with van der Waals surface area (Å²) in [6.07, 6.45) is 1.50. The molecule has 2 aromatic heterocycles. The van der Waals surface area contributed by atoms with Gasteiger partial charge in [-0.25, -0.2) is 9.97 Å². The SMILES string of the molecule is CNc1ncnc(NCc2noc(C)n2)c1C. The predicted octanol–water partition coefficient (Wildman–Crippen LogP) is 1.13. The molecular formula is C10H14N6O. The molecule has 0 saturated carbocycles. The van der Waals surface area contributed by atoms with Crippen molar-refractivity contribution in [3.63, 3.8) is 0 Å². The summed E-state index contributed by atoms with van der Waals surface area (Å²) >= 11 is 0. The van der Waals surface area contributed by atoms with Crippen molar-refractivity contribution in [2.24, 2.45) is 0 Å². The Morgan fingerprint density at radius 3 is 2.65 bits per heavy atom. The van der Waals surface area contributed by atoms with Crippen LogP contribution in [0.4, 0.5) is 11.6 Å². The summed E-state index contributed by atoms with van der Waals surface area (Å²) in [7, 11) is 1.82. The van der Waals surface area contributed by atoms with E-state index in [1.54, 1.807) is 6.92 Å². The Morgan fingerprint density at radius 1 is 1.24 bits per heavy atom. The van der Waals surface area contributed by atoms with Crippen LogP contribution >= 0.6 is 0 Å². The van der Waals surface area contributed by atoms with Gasteiger partial charge in [0.1, 0.15) is 18.0 Å². The lowest BCUT2D eigenvalue weighted by atomic mass is 10.3. The molecule has 2 rings (SSSR count). The Labute approximate surface area is 98.7 Å². The average molecular weight is 234 g/mol. The summed E-state index contributed by atoms with van der Waals surface area (Å²) in [6, 6.07) is 0. The first-order chi connectivity index (χ1) is 8.20. The first-order valence-electron chi connectivity index (χ1n) is 5.23. The van der Waals surface area contributed by atoms with Crippen molar-refractivity contribution < 1.29 is 4.52 Å². The zero-order valence-corrected chi connectivity index (χ0v) is 9.98. The zero-order chi connectivity index (χ0) is 12.3. The van der Waals surface area contributed by atoms with E-state index >= 15 is 0 Å². The van der Waals surface area contributed by atoms with Crippen LogP contribution in [0.25, 0.3) is 0 Å². The van der Waals surface area contributed by atoms with Gasteiger partial charge < -0.3 is 15.2 Å². The van der Waals surface area contributed by atoms with Crippen LogP contribution in [0.2, 0.25) is 0 Å². The molecule has 0 unspecified atom stereocenters. The van der Waals surface area contributed by atoms with E-state index in [-0.39, 0.29) is 0 Å². The molecule has 0 aromatic carbocycles. The number of aromatic nitrogens is 4. The monoisotopic (exact) mass is 234 g/mol. The topological polar surface area (TPSA) is 88.8 Å². The van der Waals surface area contributed by atoms with E-state index in [9.17, 15) is 0 Å². The summed E-state index contributed by atoms with van der Waals surface area (Å²) in [5.41, 5.74) is 0.954. The Balaban J connectivity index is 2.09. The maximum Gasteiger partial charge on any atom is 0.223 e. The number of aryl methyl sites for hydroxylation is 1. The molecular weight excluding hydrogens is 220 g/mol. The molecule has 0 bridgehead atoms. The van der Waals surface area contributed by atoms with Crippen LogP contribution in [0.3, 0.4) is 0 Å². The van der Waals surface area contributed by atoms with Gasteiger partial charge in [0.15, 0.2) is 5.82 Å². The van der Waals surface area contributed by atoms with Crippen LogP contribution in [0.15, 0.2) is 10.9 Å². The largest absolute Gasteiger partial charge is 0.373 e. The highest BCUT2D eigenvalue weighted by Crippen LogP contribution is 2.17. The van der Waals surface area contributed by atoms with Crippen molar-refractivity contribution in [3.8, 4) is 0 Å². The minimum absolute atomic E-state index is 0.471. The minimum Gasteiger partial charge on any atom is -0.373 e. The van der Waals surface area contributed by atoms with Crippen molar-refractivity contribution in [1.29, 1.82) is 0 Å². The number of hydrogen-bond acceptors (Lipinski definition) is 7. The lowest BCUT2D eigenvalue weighted by Crippen LogP contribution is -2.07.